The van der Waals surface area contributed by atoms with Crippen LogP contribution in [0.5, 0.6) is 11.6 Å². The molecule has 0 bridgehead atoms. The molecule has 0 aliphatic heterocycles. The molecule has 0 saturated heterocycles. The third-order valence-corrected chi connectivity index (χ3v) is 2.61. The van der Waals surface area contributed by atoms with Crippen LogP contribution in [0.3, 0.4) is 0 Å². The summed E-state index contributed by atoms with van der Waals surface area (Å²) in [5, 5.41) is 8.73. The standard InChI is InChI=1S/C12H6Cl2FNO3/c13-8-5-7(1-2-9(8)15)19-11-4-6(12(17)18)3-10(14)16-11/h1-5H,(H,17,18). The fourth-order valence-electron chi connectivity index (χ4n) is 1.31. The third-order valence-electron chi connectivity index (χ3n) is 2.13. The lowest BCUT2D eigenvalue weighted by Gasteiger charge is -2.06. The van der Waals surface area contributed by atoms with Crippen LogP contribution in [0.4, 0.5) is 4.39 Å². The molecule has 0 aliphatic rings. The van der Waals surface area contributed by atoms with Gasteiger partial charge in [-0.05, 0) is 18.2 Å². The monoisotopic (exact) mass is 301 g/mol. The highest BCUT2D eigenvalue weighted by atomic mass is 35.5. The molecule has 19 heavy (non-hydrogen) atoms. The van der Waals surface area contributed by atoms with Gasteiger partial charge in [-0.2, -0.15) is 0 Å². The number of pyridine rings is 1. The van der Waals surface area contributed by atoms with Crippen molar-refractivity contribution in [1.29, 1.82) is 0 Å². The summed E-state index contributed by atoms with van der Waals surface area (Å²) in [5.74, 6) is -1.55. The van der Waals surface area contributed by atoms with E-state index in [2.05, 4.69) is 4.98 Å². The highest BCUT2D eigenvalue weighted by Gasteiger charge is 2.10. The van der Waals surface area contributed by atoms with Gasteiger partial charge < -0.3 is 9.84 Å². The van der Waals surface area contributed by atoms with E-state index < -0.39 is 11.8 Å². The number of aromatic nitrogens is 1. The number of benzene rings is 1. The van der Waals surface area contributed by atoms with Crippen LogP contribution in [-0.4, -0.2) is 16.1 Å². The van der Waals surface area contributed by atoms with Gasteiger partial charge in [-0.1, -0.05) is 23.2 Å². The summed E-state index contributed by atoms with van der Waals surface area (Å²) in [4.78, 5) is 14.7. The second kappa shape index (κ2) is 5.42. The molecule has 0 unspecified atom stereocenters. The number of carboxylic acids is 1. The molecular weight excluding hydrogens is 296 g/mol. The normalized spacial score (nSPS) is 10.3. The van der Waals surface area contributed by atoms with Gasteiger partial charge in [0.1, 0.15) is 16.7 Å². The van der Waals surface area contributed by atoms with Crippen molar-refractivity contribution in [2.24, 2.45) is 0 Å². The van der Waals surface area contributed by atoms with Crippen molar-refractivity contribution in [1.82, 2.24) is 4.98 Å². The van der Waals surface area contributed by atoms with E-state index in [4.69, 9.17) is 33.0 Å². The maximum absolute atomic E-state index is 13.0. The highest BCUT2D eigenvalue weighted by Crippen LogP contribution is 2.26. The molecule has 4 nitrogen and oxygen atoms in total. The van der Waals surface area contributed by atoms with E-state index in [0.29, 0.717) is 0 Å². The Balaban J connectivity index is 2.32. The zero-order valence-corrected chi connectivity index (χ0v) is 10.7. The molecule has 1 heterocycles. The zero-order chi connectivity index (χ0) is 14.0. The molecule has 7 heteroatoms. The Bertz CT molecular complexity index is 649. The predicted octanol–water partition coefficient (Wildman–Crippen LogP) is 4.02. The molecule has 1 aromatic carbocycles. The number of ether oxygens (including phenoxy) is 1. The number of hydrogen-bond acceptors (Lipinski definition) is 3. The van der Waals surface area contributed by atoms with Crippen molar-refractivity contribution >= 4 is 29.2 Å². The lowest BCUT2D eigenvalue weighted by atomic mass is 10.3. The summed E-state index contributed by atoms with van der Waals surface area (Å²) in [7, 11) is 0. The van der Waals surface area contributed by atoms with Crippen LogP contribution >= 0.6 is 23.2 Å². The summed E-state index contributed by atoms with van der Waals surface area (Å²) in [6.07, 6.45) is 0. The van der Waals surface area contributed by atoms with Gasteiger partial charge in [-0.3, -0.25) is 0 Å². The lowest BCUT2D eigenvalue weighted by Crippen LogP contribution is -1.98. The molecule has 1 aromatic heterocycles. The number of hydrogen-bond donors (Lipinski definition) is 1. The number of nitrogens with zero attached hydrogens (tertiary/aromatic N) is 1. The van der Waals surface area contributed by atoms with Crippen LogP contribution in [0, 0.1) is 5.82 Å². The van der Waals surface area contributed by atoms with Crippen molar-refractivity contribution < 1.29 is 19.0 Å². The quantitative estimate of drug-likeness (QED) is 0.870. The lowest BCUT2D eigenvalue weighted by molar-refractivity contribution is 0.0696. The molecule has 98 valence electrons. The SMILES string of the molecule is O=C(O)c1cc(Cl)nc(Oc2ccc(F)c(Cl)c2)c1. The Hall–Kier alpha value is -1.85. The van der Waals surface area contributed by atoms with Crippen LogP contribution in [0.25, 0.3) is 0 Å². The van der Waals surface area contributed by atoms with Gasteiger partial charge in [0.15, 0.2) is 0 Å². The first-order valence-corrected chi connectivity index (χ1v) is 5.75. The summed E-state index contributed by atoms with van der Waals surface area (Å²) in [6.45, 7) is 0. The molecule has 1 N–H and O–H groups in total. The molecule has 2 rings (SSSR count). The van der Waals surface area contributed by atoms with Gasteiger partial charge in [0.2, 0.25) is 5.88 Å². The van der Waals surface area contributed by atoms with E-state index in [9.17, 15) is 9.18 Å². The number of halogens is 3. The number of carboxylic acid groups (broad SMARTS) is 1. The first-order valence-electron chi connectivity index (χ1n) is 4.99. The van der Waals surface area contributed by atoms with Crippen molar-refractivity contribution in [3.05, 3.63) is 51.9 Å². The van der Waals surface area contributed by atoms with E-state index >= 15 is 0 Å². The Labute approximate surface area is 117 Å². The number of carbonyl (C=O) groups is 1. The van der Waals surface area contributed by atoms with Crippen molar-refractivity contribution in [3.63, 3.8) is 0 Å². The van der Waals surface area contributed by atoms with Gasteiger partial charge in [-0.25, -0.2) is 14.2 Å². The third kappa shape index (κ3) is 3.33. The molecule has 2 aromatic rings. The van der Waals surface area contributed by atoms with E-state index in [0.717, 1.165) is 6.07 Å². The maximum Gasteiger partial charge on any atom is 0.335 e. The van der Waals surface area contributed by atoms with E-state index in [-0.39, 0.29) is 27.4 Å². The minimum atomic E-state index is -1.16. The molecule has 0 amide bonds. The summed E-state index contributed by atoms with van der Waals surface area (Å²) >= 11 is 11.3. The average molecular weight is 302 g/mol. The molecule has 0 aliphatic carbocycles. The minimum Gasteiger partial charge on any atom is -0.478 e. The Kier molecular flexibility index (Phi) is 3.87. The van der Waals surface area contributed by atoms with Crippen LogP contribution in [0.2, 0.25) is 10.2 Å². The van der Waals surface area contributed by atoms with Gasteiger partial charge >= 0.3 is 5.97 Å². The van der Waals surface area contributed by atoms with Gasteiger partial charge in [0.05, 0.1) is 10.6 Å². The first kappa shape index (κ1) is 13.6. The predicted molar refractivity (Wildman–Crippen MR) is 67.7 cm³/mol. The molecular formula is C12H6Cl2FNO3. The zero-order valence-electron chi connectivity index (χ0n) is 9.23. The van der Waals surface area contributed by atoms with Crippen LogP contribution in [-0.2, 0) is 0 Å². The molecule has 0 spiro atoms. The number of aromatic carboxylic acids is 1. The minimum absolute atomic E-state index is 0.0208. The van der Waals surface area contributed by atoms with Gasteiger partial charge in [0, 0.05) is 12.1 Å². The fourth-order valence-corrected chi connectivity index (χ4v) is 1.68. The first-order chi connectivity index (χ1) is 8.95. The Morgan fingerprint density at radius 2 is 2.00 bits per heavy atom. The summed E-state index contributed by atoms with van der Waals surface area (Å²) < 4.78 is 18.2. The van der Waals surface area contributed by atoms with E-state index in [1.54, 1.807) is 0 Å². The Morgan fingerprint density at radius 1 is 1.26 bits per heavy atom. The van der Waals surface area contributed by atoms with E-state index in [1.807, 2.05) is 0 Å². The molecule has 0 atom stereocenters. The summed E-state index contributed by atoms with van der Waals surface area (Å²) in [6, 6.07) is 6.10. The second-order valence-corrected chi connectivity index (χ2v) is 4.29. The van der Waals surface area contributed by atoms with Gasteiger partial charge in [-0.15, -0.1) is 0 Å². The Morgan fingerprint density at radius 3 is 2.63 bits per heavy atom. The van der Waals surface area contributed by atoms with Crippen molar-refractivity contribution in [2.45, 2.75) is 0 Å². The van der Waals surface area contributed by atoms with Gasteiger partial charge in [0.25, 0.3) is 0 Å². The van der Waals surface area contributed by atoms with Crippen LogP contribution < -0.4 is 4.74 Å². The molecule has 0 radical (unpaired) electrons. The van der Waals surface area contributed by atoms with E-state index in [1.165, 1.54) is 24.3 Å². The molecule has 0 fully saturated rings. The van der Waals surface area contributed by atoms with Crippen LogP contribution in [0.1, 0.15) is 10.4 Å². The van der Waals surface area contributed by atoms with Crippen LogP contribution in [0.15, 0.2) is 30.3 Å². The maximum atomic E-state index is 13.0. The molecule has 0 saturated carbocycles. The van der Waals surface area contributed by atoms with Crippen molar-refractivity contribution in [3.8, 4) is 11.6 Å². The summed E-state index contributed by atoms with van der Waals surface area (Å²) in [5.41, 5.74) is -0.0665. The largest absolute Gasteiger partial charge is 0.478 e. The average Bonchev–Trinajstić information content (AvgIpc) is 2.33. The second-order valence-electron chi connectivity index (χ2n) is 3.50. The van der Waals surface area contributed by atoms with Crippen molar-refractivity contribution in [2.75, 3.05) is 0 Å². The topological polar surface area (TPSA) is 59.4 Å². The highest BCUT2D eigenvalue weighted by molar-refractivity contribution is 6.30. The smallest absolute Gasteiger partial charge is 0.335 e. The fraction of sp³-hybridized carbons (Fsp3) is 0. The number of rotatable bonds is 3.